The lowest BCUT2D eigenvalue weighted by Crippen LogP contribution is -2.42. The van der Waals surface area contributed by atoms with Gasteiger partial charge in [0.1, 0.15) is 12.4 Å². The third kappa shape index (κ3) is 7.20. The molecule has 0 aliphatic rings. The number of ether oxygens (including phenoxy) is 1. The monoisotopic (exact) mass is 478 g/mol. The summed E-state index contributed by atoms with van der Waals surface area (Å²) in [5, 5.41) is 5.59. The van der Waals surface area contributed by atoms with E-state index in [1.165, 1.54) is 28.3 Å². The Morgan fingerprint density at radius 3 is 2.59 bits per heavy atom. The molecule has 182 valence electrons. The molecule has 1 atom stereocenters. The molecule has 2 aromatic rings. The standard InChI is InChI=1S/C24H26F4N4O2/c1-5-7-8-13-30-31(4)21-11-10-19(25)14-20(21)23(33)32(6-2)17(3)16-34-22-12-9-18(15-29-22)24(26,27)28/h9-15,17H,5-6,16H2,1-4H3/b30-13-/t17-/m0/s1. The van der Waals surface area contributed by atoms with Gasteiger partial charge >= 0.3 is 6.18 Å². The Morgan fingerprint density at radius 2 is 2.00 bits per heavy atom. The van der Waals surface area contributed by atoms with Gasteiger partial charge in [-0.25, -0.2) is 9.37 Å². The van der Waals surface area contributed by atoms with Gasteiger partial charge in [-0.2, -0.15) is 18.3 Å². The number of anilines is 1. The van der Waals surface area contributed by atoms with E-state index in [-0.39, 0.29) is 24.6 Å². The normalized spacial score (nSPS) is 12.1. The van der Waals surface area contributed by atoms with Crippen LogP contribution in [0.1, 0.15) is 43.1 Å². The number of rotatable bonds is 8. The Labute approximate surface area is 196 Å². The number of carbonyl (C=O) groups is 1. The lowest BCUT2D eigenvalue weighted by molar-refractivity contribution is -0.137. The van der Waals surface area contributed by atoms with Crippen LogP contribution in [0, 0.1) is 17.7 Å². The van der Waals surface area contributed by atoms with Gasteiger partial charge in [0.05, 0.1) is 29.1 Å². The summed E-state index contributed by atoms with van der Waals surface area (Å²) in [6.07, 6.45) is -1.74. The van der Waals surface area contributed by atoms with Gasteiger partial charge in [0.2, 0.25) is 5.88 Å². The molecular weight excluding hydrogens is 452 g/mol. The lowest BCUT2D eigenvalue weighted by atomic mass is 10.1. The number of hydrazone groups is 1. The van der Waals surface area contributed by atoms with E-state index in [2.05, 4.69) is 21.9 Å². The molecule has 1 amide bonds. The number of alkyl halides is 3. The minimum Gasteiger partial charge on any atom is -0.475 e. The summed E-state index contributed by atoms with van der Waals surface area (Å²) in [5.41, 5.74) is -0.397. The van der Waals surface area contributed by atoms with Gasteiger partial charge in [-0.05, 0) is 38.1 Å². The van der Waals surface area contributed by atoms with Gasteiger partial charge in [-0.1, -0.05) is 18.8 Å². The number of hydrogen-bond donors (Lipinski definition) is 0. The molecule has 1 aromatic heterocycles. The molecule has 0 bridgehead atoms. The molecule has 10 heteroatoms. The van der Waals surface area contributed by atoms with Crippen LogP contribution in [0.15, 0.2) is 41.6 Å². The summed E-state index contributed by atoms with van der Waals surface area (Å²) >= 11 is 0. The second-order valence-corrected chi connectivity index (χ2v) is 7.24. The average molecular weight is 478 g/mol. The first-order valence-electron chi connectivity index (χ1n) is 10.6. The zero-order valence-corrected chi connectivity index (χ0v) is 19.4. The van der Waals surface area contributed by atoms with E-state index >= 15 is 0 Å². The van der Waals surface area contributed by atoms with E-state index in [9.17, 15) is 22.4 Å². The largest absolute Gasteiger partial charge is 0.475 e. The molecule has 0 unspecified atom stereocenters. The molecule has 1 aromatic carbocycles. The number of hydrogen-bond acceptors (Lipinski definition) is 5. The third-order valence-corrected chi connectivity index (χ3v) is 4.78. The highest BCUT2D eigenvalue weighted by atomic mass is 19.4. The maximum absolute atomic E-state index is 14.0. The summed E-state index contributed by atoms with van der Waals surface area (Å²) in [5.74, 6) is 4.57. The number of halogens is 4. The average Bonchev–Trinajstić information content (AvgIpc) is 2.80. The fraction of sp³-hybridized carbons (Fsp3) is 0.375. The fourth-order valence-corrected chi connectivity index (χ4v) is 3.03. The number of benzene rings is 1. The van der Waals surface area contributed by atoms with Crippen molar-refractivity contribution in [2.75, 3.05) is 25.2 Å². The molecule has 0 saturated heterocycles. The maximum Gasteiger partial charge on any atom is 0.417 e. The van der Waals surface area contributed by atoms with Gasteiger partial charge in [-0.15, -0.1) is 0 Å². The molecular formula is C24H26F4N4O2. The number of nitrogens with zero attached hydrogens (tertiary/aromatic N) is 4. The Hall–Kier alpha value is -3.61. The van der Waals surface area contributed by atoms with Gasteiger partial charge < -0.3 is 9.64 Å². The minimum absolute atomic E-state index is 0.00273. The first kappa shape index (κ1) is 26.6. The van der Waals surface area contributed by atoms with Crippen LogP contribution in [0.4, 0.5) is 23.2 Å². The van der Waals surface area contributed by atoms with Crippen molar-refractivity contribution in [2.45, 2.75) is 39.4 Å². The zero-order chi connectivity index (χ0) is 25.3. The van der Waals surface area contributed by atoms with E-state index in [0.29, 0.717) is 18.3 Å². The van der Waals surface area contributed by atoms with Crippen molar-refractivity contribution in [3.63, 3.8) is 0 Å². The van der Waals surface area contributed by atoms with Crippen molar-refractivity contribution in [1.82, 2.24) is 9.88 Å². The molecule has 0 saturated carbocycles. The van der Waals surface area contributed by atoms with Gasteiger partial charge in [0.15, 0.2) is 0 Å². The van der Waals surface area contributed by atoms with E-state index in [4.69, 9.17) is 4.74 Å². The Balaban J connectivity index is 2.17. The molecule has 0 spiro atoms. The van der Waals surface area contributed by atoms with Crippen LogP contribution in [0.2, 0.25) is 0 Å². The van der Waals surface area contributed by atoms with Crippen molar-refractivity contribution in [3.8, 4) is 17.7 Å². The second-order valence-electron chi connectivity index (χ2n) is 7.24. The SMILES string of the molecule is CCC#C/C=N\N(C)c1ccc(F)cc1C(=O)N(CC)[C@@H](C)COc1ccc(C(F)(F)F)cn1. The summed E-state index contributed by atoms with van der Waals surface area (Å²) in [6, 6.07) is 5.32. The van der Waals surface area contributed by atoms with Gasteiger partial charge in [0, 0.05) is 32.3 Å². The fourth-order valence-electron chi connectivity index (χ4n) is 3.03. The van der Waals surface area contributed by atoms with Gasteiger partial charge in [-0.3, -0.25) is 9.80 Å². The third-order valence-electron chi connectivity index (χ3n) is 4.78. The Morgan fingerprint density at radius 1 is 1.26 bits per heavy atom. The van der Waals surface area contributed by atoms with Crippen LogP contribution in [-0.4, -0.2) is 48.2 Å². The maximum atomic E-state index is 14.0. The lowest BCUT2D eigenvalue weighted by Gasteiger charge is -2.29. The van der Waals surface area contributed by atoms with E-state index in [1.807, 2.05) is 6.92 Å². The smallest absolute Gasteiger partial charge is 0.417 e. The molecule has 0 fully saturated rings. The van der Waals surface area contributed by atoms with Crippen LogP contribution in [0.3, 0.4) is 0 Å². The first-order chi connectivity index (χ1) is 16.1. The number of likely N-dealkylation sites (N-methyl/N-ethyl adjacent to an activating group) is 1. The van der Waals surface area contributed by atoms with Crippen molar-refractivity contribution >= 4 is 17.8 Å². The molecule has 34 heavy (non-hydrogen) atoms. The molecule has 0 radical (unpaired) electrons. The van der Waals surface area contributed by atoms with Crippen molar-refractivity contribution in [3.05, 3.63) is 53.5 Å². The van der Waals surface area contributed by atoms with Crippen LogP contribution in [-0.2, 0) is 6.18 Å². The summed E-state index contributed by atoms with van der Waals surface area (Å²) < 4.78 is 57.6. The molecule has 6 nitrogen and oxygen atoms in total. The van der Waals surface area contributed by atoms with Crippen LogP contribution >= 0.6 is 0 Å². The summed E-state index contributed by atoms with van der Waals surface area (Å²) in [6.45, 7) is 5.63. The number of pyridine rings is 1. The Kier molecular flexibility index (Phi) is 9.42. The number of amides is 1. The molecule has 2 rings (SSSR count). The predicted octanol–water partition coefficient (Wildman–Crippen LogP) is 5.00. The topological polar surface area (TPSA) is 58.0 Å². The van der Waals surface area contributed by atoms with E-state index in [0.717, 1.165) is 18.2 Å². The first-order valence-corrected chi connectivity index (χ1v) is 10.6. The Bertz CT molecular complexity index is 1060. The minimum atomic E-state index is -4.49. The second kappa shape index (κ2) is 12.0. The van der Waals surface area contributed by atoms with Crippen LogP contribution in [0.25, 0.3) is 0 Å². The molecule has 1 heterocycles. The zero-order valence-electron chi connectivity index (χ0n) is 19.4. The predicted molar refractivity (Wildman–Crippen MR) is 122 cm³/mol. The summed E-state index contributed by atoms with van der Waals surface area (Å²) in [7, 11) is 1.62. The van der Waals surface area contributed by atoms with Crippen LogP contribution in [0.5, 0.6) is 5.88 Å². The van der Waals surface area contributed by atoms with Crippen molar-refractivity contribution < 1.29 is 27.1 Å². The summed E-state index contributed by atoms with van der Waals surface area (Å²) in [4.78, 5) is 18.4. The number of carbonyl (C=O) groups excluding carboxylic acids is 1. The van der Waals surface area contributed by atoms with Crippen molar-refractivity contribution in [2.24, 2.45) is 5.10 Å². The highest BCUT2D eigenvalue weighted by molar-refractivity contribution is 6.00. The van der Waals surface area contributed by atoms with E-state index < -0.39 is 29.5 Å². The van der Waals surface area contributed by atoms with Crippen molar-refractivity contribution in [1.29, 1.82) is 0 Å². The van der Waals surface area contributed by atoms with E-state index in [1.54, 1.807) is 20.9 Å². The number of aromatic nitrogens is 1. The quantitative estimate of drug-likeness (QED) is 0.232. The molecule has 0 aliphatic heterocycles. The van der Waals surface area contributed by atoms with Gasteiger partial charge in [0.25, 0.3) is 5.91 Å². The highest BCUT2D eigenvalue weighted by Gasteiger charge is 2.31. The highest BCUT2D eigenvalue weighted by Crippen LogP contribution is 2.29. The molecule has 0 N–H and O–H groups in total. The van der Waals surface area contributed by atoms with Crippen LogP contribution < -0.4 is 9.75 Å². The molecule has 0 aliphatic carbocycles.